The van der Waals surface area contributed by atoms with Gasteiger partial charge in [-0.25, -0.2) is 4.98 Å². The fraction of sp³-hybridized carbons (Fsp3) is 0.464. The van der Waals surface area contributed by atoms with Crippen molar-refractivity contribution in [1.29, 1.82) is 0 Å². The van der Waals surface area contributed by atoms with Gasteiger partial charge in [0.1, 0.15) is 17.1 Å². The number of halogens is 3. The molecule has 2 unspecified atom stereocenters. The molecule has 0 spiro atoms. The van der Waals surface area contributed by atoms with Crippen LogP contribution in [0.2, 0.25) is 0 Å². The third-order valence-electron chi connectivity index (χ3n) is 8.86. The van der Waals surface area contributed by atoms with Crippen molar-refractivity contribution < 1.29 is 37.0 Å². The number of aromatic nitrogens is 1. The molecule has 2 aromatic carbocycles. The standard InChI is InChI=1S/C28H27F3N4O5S/c1-38-16-3-4-18(17(8-16)23(36)34-27-11-26(12-27,13-27)28(29,30)31)32-24(37)21-20(39-2)6-5-19-22(21)41-25(33-19)35-14-7-15(35)10-40-9-14/h3-6,8,14-15H,7,9-13H2,1-2H3,(H,32,37)(H,34,36). The smallest absolute Gasteiger partial charge is 0.394 e. The first-order valence-corrected chi connectivity index (χ1v) is 14.1. The molecule has 2 aliphatic heterocycles. The number of nitrogens with one attached hydrogen (secondary N) is 2. The molecular weight excluding hydrogens is 561 g/mol. The van der Waals surface area contributed by atoms with Gasteiger partial charge in [0.25, 0.3) is 11.8 Å². The minimum atomic E-state index is -4.28. The first-order valence-electron chi connectivity index (χ1n) is 13.3. The van der Waals surface area contributed by atoms with Crippen LogP contribution in [0, 0.1) is 5.41 Å². The van der Waals surface area contributed by atoms with Crippen molar-refractivity contribution in [2.24, 2.45) is 5.41 Å². The lowest BCUT2D eigenvalue weighted by atomic mass is 9.39. The summed E-state index contributed by atoms with van der Waals surface area (Å²) in [5.74, 6) is -0.362. The molecule has 3 aromatic rings. The number of benzene rings is 2. The van der Waals surface area contributed by atoms with Crippen molar-refractivity contribution >= 4 is 44.2 Å². The van der Waals surface area contributed by atoms with E-state index in [4.69, 9.17) is 19.2 Å². The molecule has 3 heterocycles. The Hall–Kier alpha value is -3.58. The Labute approximate surface area is 237 Å². The highest BCUT2D eigenvalue weighted by atomic mass is 32.1. The molecule has 8 rings (SSSR count). The topological polar surface area (TPSA) is 102 Å². The first kappa shape index (κ1) is 26.3. The van der Waals surface area contributed by atoms with Crippen LogP contribution in [-0.2, 0) is 4.74 Å². The Balaban J connectivity index is 1.17. The van der Waals surface area contributed by atoms with Crippen LogP contribution < -0.4 is 25.0 Å². The van der Waals surface area contributed by atoms with Crippen LogP contribution in [0.3, 0.4) is 0 Å². The van der Waals surface area contributed by atoms with Gasteiger partial charge in [0, 0.05) is 5.54 Å². The predicted molar refractivity (Wildman–Crippen MR) is 145 cm³/mol. The third kappa shape index (κ3) is 3.96. The van der Waals surface area contributed by atoms with Crippen molar-refractivity contribution in [1.82, 2.24) is 10.3 Å². The number of carbonyl (C=O) groups is 2. The van der Waals surface area contributed by atoms with E-state index in [1.807, 2.05) is 0 Å². The summed E-state index contributed by atoms with van der Waals surface area (Å²) in [6.45, 7) is 1.29. The van der Waals surface area contributed by atoms with E-state index < -0.39 is 28.9 Å². The fourth-order valence-electron chi connectivity index (χ4n) is 6.77. The second-order valence-corrected chi connectivity index (χ2v) is 12.4. The van der Waals surface area contributed by atoms with E-state index in [1.165, 1.54) is 37.7 Å². The van der Waals surface area contributed by atoms with E-state index in [0.717, 1.165) is 11.6 Å². The zero-order valence-electron chi connectivity index (χ0n) is 22.3. The summed E-state index contributed by atoms with van der Waals surface area (Å²) < 4.78 is 57.0. The number of methoxy groups -OCH3 is 2. The van der Waals surface area contributed by atoms with Crippen LogP contribution in [0.15, 0.2) is 30.3 Å². The summed E-state index contributed by atoms with van der Waals surface area (Å²) in [4.78, 5) is 34.1. The number of carbonyl (C=O) groups excluding carboxylic acids is 2. The van der Waals surface area contributed by atoms with Gasteiger partial charge >= 0.3 is 6.18 Å². The number of amides is 2. The van der Waals surface area contributed by atoms with E-state index in [9.17, 15) is 22.8 Å². The molecule has 2 saturated heterocycles. The van der Waals surface area contributed by atoms with Gasteiger partial charge in [0.15, 0.2) is 5.13 Å². The molecule has 2 atom stereocenters. The van der Waals surface area contributed by atoms with Crippen molar-refractivity contribution in [3.63, 3.8) is 0 Å². The van der Waals surface area contributed by atoms with E-state index in [0.29, 0.717) is 34.9 Å². The van der Waals surface area contributed by atoms with Gasteiger partial charge < -0.3 is 29.7 Å². The highest BCUT2D eigenvalue weighted by Crippen LogP contribution is 2.73. The molecule has 2 amide bonds. The number of nitrogens with zero attached hydrogens (tertiary/aromatic N) is 2. The maximum Gasteiger partial charge on any atom is 0.394 e. The largest absolute Gasteiger partial charge is 0.497 e. The van der Waals surface area contributed by atoms with Gasteiger partial charge in [-0.05, 0) is 56.0 Å². The molecule has 5 fully saturated rings. The molecule has 216 valence electrons. The molecule has 9 nitrogen and oxygen atoms in total. The molecule has 41 heavy (non-hydrogen) atoms. The number of morpholine rings is 1. The quantitative estimate of drug-likeness (QED) is 0.411. The van der Waals surface area contributed by atoms with Gasteiger partial charge in [-0.3, -0.25) is 9.59 Å². The van der Waals surface area contributed by atoms with Crippen molar-refractivity contribution in [3.8, 4) is 11.5 Å². The Kier molecular flexibility index (Phi) is 5.75. The zero-order valence-corrected chi connectivity index (χ0v) is 23.1. The lowest BCUT2D eigenvalue weighted by Crippen LogP contribution is -2.78. The number of hydrogen-bond donors (Lipinski definition) is 2. The minimum Gasteiger partial charge on any atom is -0.497 e. The Morgan fingerprint density at radius 1 is 1.07 bits per heavy atom. The maximum absolute atomic E-state index is 13.8. The third-order valence-corrected chi connectivity index (χ3v) is 9.96. The van der Waals surface area contributed by atoms with Crippen LogP contribution in [0.1, 0.15) is 46.4 Å². The highest BCUT2D eigenvalue weighted by molar-refractivity contribution is 7.22. The number of rotatable bonds is 7. The van der Waals surface area contributed by atoms with Gasteiger partial charge in [0.05, 0.1) is 66.4 Å². The first-order chi connectivity index (χ1) is 19.6. The summed E-state index contributed by atoms with van der Waals surface area (Å²) in [6.07, 6.45) is -3.66. The molecule has 13 heteroatoms. The second kappa shape index (κ2) is 8.96. The number of fused-ring (bicyclic) bond motifs is 3. The predicted octanol–water partition coefficient (Wildman–Crippen LogP) is 4.76. The van der Waals surface area contributed by atoms with E-state index >= 15 is 0 Å². The molecule has 2 N–H and O–H groups in total. The van der Waals surface area contributed by atoms with Crippen LogP contribution in [0.5, 0.6) is 11.5 Å². The molecule has 3 aliphatic carbocycles. The highest BCUT2D eigenvalue weighted by Gasteiger charge is 2.79. The van der Waals surface area contributed by atoms with Crippen LogP contribution in [0.25, 0.3) is 10.2 Å². The van der Waals surface area contributed by atoms with Crippen molar-refractivity contribution in [2.75, 3.05) is 37.7 Å². The number of hydrogen-bond acceptors (Lipinski definition) is 8. The molecule has 0 radical (unpaired) electrons. The summed E-state index contributed by atoms with van der Waals surface area (Å²) >= 11 is 1.40. The van der Waals surface area contributed by atoms with Crippen LogP contribution in [0.4, 0.5) is 24.0 Å². The van der Waals surface area contributed by atoms with Crippen LogP contribution in [-0.4, -0.2) is 68.0 Å². The number of ether oxygens (including phenoxy) is 3. The van der Waals surface area contributed by atoms with Gasteiger partial charge in [-0.15, -0.1) is 0 Å². The average molecular weight is 589 g/mol. The molecule has 1 aromatic heterocycles. The Bertz CT molecular complexity index is 1560. The Morgan fingerprint density at radius 2 is 1.80 bits per heavy atom. The van der Waals surface area contributed by atoms with E-state index in [2.05, 4.69) is 15.5 Å². The number of anilines is 2. The number of thiazole rings is 1. The summed E-state index contributed by atoms with van der Waals surface area (Å²) in [5, 5.41) is 6.42. The van der Waals surface area contributed by atoms with Gasteiger partial charge in [-0.1, -0.05) is 11.3 Å². The van der Waals surface area contributed by atoms with E-state index in [-0.39, 0.29) is 48.2 Å². The van der Waals surface area contributed by atoms with Crippen molar-refractivity contribution in [3.05, 3.63) is 41.5 Å². The second-order valence-electron chi connectivity index (χ2n) is 11.4. The molecular formula is C28H27F3N4O5S. The SMILES string of the molecule is COc1ccc(NC(=O)c2c(OC)ccc3nc(N4C5COCC4C5)sc23)c(C(=O)NC23CC(C(F)(F)F)(C2)C3)c1. The monoisotopic (exact) mass is 588 g/mol. The minimum absolute atomic E-state index is 0.0908. The zero-order chi connectivity index (χ0) is 28.7. The molecule has 5 aliphatic rings. The Morgan fingerprint density at radius 3 is 2.44 bits per heavy atom. The normalized spacial score (nSPS) is 27.8. The van der Waals surface area contributed by atoms with E-state index in [1.54, 1.807) is 18.2 Å². The average Bonchev–Trinajstić information content (AvgIpc) is 3.31. The van der Waals surface area contributed by atoms with Gasteiger partial charge in [0.2, 0.25) is 0 Å². The summed E-state index contributed by atoms with van der Waals surface area (Å²) in [7, 11) is 2.91. The van der Waals surface area contributed by atoms with Gasteiger partial charge in [-0.2, -0.15) is 13.2 Å². The van der Waals surface area contributed by atoms with Crippen molar-refractivity contribution in [2.45, 2.75) is 49.5 Å². The summed E-state index contributed by atoms with van der Waals surface area (Å²) in [5.41, 5.74) is -1.36. The molecule has 4 bridgehead atoms. The lowest BCUT2D eigenvalue weighted by Gasteiger charge is -2.70. The van der Waals surface area contributed by atoms with Crippen LogP contribution >= 0.6 is 11.3 Å². The number of alkyl halides is 3. The summed E-state index contributed by atoms with van der Waals surface area (Å²) in [6, 6.07) is 8.61. The fourth-order valence-corrected chi connectivity index (χ4v) is 8.01. The molecule has 3 saturated carbocycles. The lowest BCUT2D eigenvalue weighted by molar-refractivity contribution is -0.336. The maximum atomic E-state index is 13.8.